The van der Waals surface area contributed by atoms with Gasteiger partial charge in [-0.1, -0.05) is 31.0 Å². The van der Waals surface area contributed by atoms with E-state index >= 15 is 0 Å². The van der Waals surface area contributed by atoms with Crippen LogP contribution in [0.2, 0.25) is 0 Å². The first-order valence-corrected chi connectivity index (χ1v) is 13.0. The largest absolute Gasteiger partial charge is 0.496 e. The molecule has 0 N–H and O–H groups in total. The van der Waals surface area contributed by atoms with Crippen molar-refractivity contribution in [1.29, 1.82) is 0 Å². The lowest BCUT2D eigenvalue weighted by atomic mass is 9.99. The van der Waals surface area contributed by atoms with Gasteiger partial charge < -0.3 is 9.26 Å². The second-order valence-corrected chi connectivity index (χ2v) is 12.3. The molecule has 0 unspecified atom stereocenters. The maximum absolute atomic E-state index is 7.30. The topological polar surface area (TPSA) is 18.5 Å². The van der Waals surface area contributed by atoms with Crippen molar-refractivity contribution < 1.29 is 9.26 Å². The monoisotopic (exact) mass is 395 g/mol. The third-order valence-corrected chi connectivity index (χ3v) is 12.1. The zero-order valence-electron chi connectivity index (χ0n) is 17.0. The molecule has 0 aromatic heterocycles. The lowest BCUT2D eigenvalue weighted by Crippen LogP contribution is -2.40. The molecule has 0 bridgehead atoms. The molecule has 2 saturated carbocycles. The minimum atomic E-state index is -1.75. The summed E-state index contributed by atoms with van der Waals surface area (Å²) in [6.45, 7) is 0. The van der Waals surface area contributed by atoms with Crippen LogP contribution in [0.3, 0.4) is 0 Å². The van der Waals surface area contributed by atoms with E-state index in [1.165, 1.54) is 80.6 Å². The molecule has 2 nitrogen and oxygen atoms in total. The third-order valence-electron chi connectivity index (χ3n) is 7.24. The van der Waals surface area contributed by atoms with E-state index in [9.17, 15) is 0 Å². The summed E-state index contributed by atoms with van der Waals surface area (Å²) in [6, 6.07) is 15.5. The van der Waals surface area contributed by atoms with E-state index in [0.29, 0.717) is 0 Å². The molecule has 1 aliphatic heterocycles. The molecule has 2 aromatic rings. The fourth-order valence-corrected chi connectivity index (χ4v) is 11.4. The molecule has 1 heterocycles. The Balaban J connectivity index is 1.72. The number of benzene rings is 2. The SMILES string of the molecule is COc1cccc2c1-c1ccccc1[P+](C1CCCCC1)(C1CCCCC1)O2. The zero-order chi connectivity index (χ0) is 19.0. The highest BCUT2D eigenvalue weighted by atomic mass is 31.2. The summed E-state index contributed by atoms with van der Waals surface area (Å²) in [4.78, 5) is 0. The van der Waals surface area contributed by atoms with Gasteiger partial charge in [0.1, 0.15) is 22.4 Å². The van der Waals surface area contributed by atoms with Gasteiger partial charge in [-0.2, -0.15) is 0 Å². The summed E-state index contributed by atoms with van der Waals surface area (Å²) in [5, 5.41) is 1.53. The highest BCUT2D eigenvalue weighted by Gasteiger charge is 2.60. The second kappa shape index (κ2) is 7.71. The number of ether oxygens (including phenoxy) is 1. The van der Waals surface area contributed by atoms with Crippen LogP contribution in [0.5, 0.6) is 11.5 Å². The van der Waals surface area contributed by atoms with Crippen LogP contribution in [-0.4, -0.2) is 18.4 Å². The van der Waals surface area contributed by atoms with Crippen LogP contribution in [-0.2, 0) is 0 Å². The van der Waals surface area contributed by atoms with Crippen molar-refractivity contribution in [1.82, 2.24) is 0 Å². The predicted molar refractivity (Wildman–Crippen MR) is 119 cm³/mol. The third kappa shape index (κ3) is 2.88. The highest BCUT2D eigenvalue weighted by Crippen LogP contribution is 2.74. The summed E-state index contributed by atoms with van der Waals surface area (Å²) in [5.41, 5.74) is 4.00. The van der Waals surface area contributed by atoms with Crippen molar-refractivity contribution >= 4 is 12.8 Å². The van der Waals surface area contributed by atoms with Crippen molar-refractivity contribution in [2.75, 3.05) is 7.11 Å². The quantitative estimate of drug-likeness (QED) is 0.522. The van der Waals surface area contributed by atoms with E-state index in [0.717, 1.165) is 22.8 Å². The van der Waals surface area contributed by atoms with Crippen LogP contribution in [0, 0.1) is 0 Å². The summed E-state index contributed by atoms with van der Waals surface area (Å²) < 4.78 is 13.1. The second-order valence-electron chi connectivity index (χ2n) is 8.73. The standard InChI is InChI=1S/C25H32O2P/c1-26-22-16-10-17-23-25(22)21-15-8-9-18-24(21)28(27-23,19-11-4-2-5-12-19)20-13-6-3-7-14-20/h8-10,15-20H,2-7,11-14H2,1H3/q+1. The Morgan fingerprint density at radius 1 is 0.786 bits per heavy atom. The van der Waals surface area contributed by atoms with E-state index in [1.807, 2.05) is 0 Å². The molecule has 2 aliphatic carbocycles. The predicted octanol–water partition coefficient (Wildman–Crippen LogP) is 6.98. The smallest absolute Gasteiger partial charge is 0.229 e. The molecule has 0 amide bonds. The normalized spacial score (nSPS) is 22.0. The Morgan fingerprint density at radius 3 is 2.07 bits per heavy atom. The molecular formula is C25H32O2P+. The molecule has 3 aliphatic rings. The maximum Gasteiger partial charge on any atom is 0.229 e. The van der Waals surface area contributed by atoms with Crippen LogP contribution in [0.4, 0.5) is 0 Å². The first kappa shape index (κ1) is 18.5. The highest BCUT2D eigenvalue weighted by molar-refractivity contribution is 7.80. The summed E-state index contributed by atoms with van der Waals surface area (Å²) in [5.74, 6) is 2.01. The van der Waals surface area contributed by atoms with Gasteiger partial charge in [0, 0.05) is 5.56 Å². The molecule has 3 heteroatoms. The zero-order valence-corrected chi connectivity index (χ0v) is 17.9. The Bertz CT molecular complexity index is 816. The Morgan fingerprint density at radius 2 is 1.43 bits per heavy atom. The van der Waals surface area contributed by atoms with Crippen molar-refractivity contribution in [2.24, 2.45) is 0 Å². The molecule has 28 heavy (non-hydrogen) atoms. The van der Waals surface area contributed by atoms with E-state index in [-0.39, 0.29) is 0 Å². The van der Waals surface area contributed by atoms with Gasteiger partial charge in [-0.3, -0.25) is 0 Å². The lowest BCUT2D eigenvalue weighted by molar-refractivity contribution is 0.411. The van der Waals surface area contributed by atoms with Crippen LogP contribution in [0.25, 0.3) is 11.1 Å². The summed E-state index contributed by atoms with van der Waals surface area (Å²) in [6.07, 6.45) is 13.7. The van der Waals surface area contributed by atoms with Gasteiger partial charge in [-0.25, -0.2) is 0 Å². The molecule has 0 saturated heterocycles. The molecule has 5 rings (SSSR count). The van der Waals surface area contributed by atoms with Crippen LogP contribution in [0.1, 0.15) is 64.2 Å². The van der Waals surface area contributed by atoms with E-state index in [1.54, 1.807) is 7.11 Å². The van der Waals surface area contributed by atoms with Gasteiger partial charge in [0.25, 0.3) is 0 Å². The summed E-state index contributed by atoms with van der Waals surface area (Å²) in [7, 11) is 0.0260. The Labute approximate surface area is 170 Å². The van der Waals surface area contributed by atoms with E-state index in [4.69, 9.17) is 9.26 Å². The minimum absolute atomic E-state index is 0.727. The van der Waals surface area contributed by atoms with Gasteiger partial charge in [0.05, 0.1) is 12.7 Å². The van der Waals surface area contributed by atoms with Gasteiger partial charge in [0.15, 0.2) is 5.75 Å². The van der Waals surface area contributed by atoms with Gasteiger partial charge >= 0.3 is 0 Å². The number of rotatable bonds is 3. The minimum Gasteiger partial charge on any atom is -0.496 e. The van der Waals surface area contributed by atoms with Crippen molar-refractivity contribution in [3.8, 4) is 22.6 Å². The maximum atomic E-state index is 7.30. The number of hydrogen-bond acceptors (Lipinski definition) is 2. The average molecular weight is 396 g/mol. The van der Waals surface area contributed by atoms with Crippen LogP contribution >= 0.6 is 7.49 Å². The average Bonchev–Trinajstić information content (AvgIpc) is 2.79. The number of hydrogen-bond donors (Lipinski definition) is 0. The van der Waals surface area contributed by atoms with Gasteiger partial charge in [-0.05, 0) is 75.6 Å². The fraction of sp³-hybridized carbons (Fsp3) is 0.520. The Kier molecular flexibility index (Phi) is 5.09. The number of fused-ring (bicyclic) bond motifs is 3. The number of methoxy groups -OCH3 is 1. The molecule has 0 spiro atoms. The van der Waals surface area contributed by atoms with Crippen molar-refractivity contribution in [2.45, 2.75) is 75.5 Å². The molecule has 0 radical (unpaired) electrons. The molecule has 0 atom stereocenters. The van der Waals surface area contributed by atoms with E-state index < -0.39 is 7.49 Å². The molecule has 148 valence electrons. The van der Waals surface area contributed by atoms with Crippen LogP contribution < -0.4 is 14.6 Å². The first-order valence-electron chi connectivity index (χ1n) is 11.2. The lowest BCUT2D eigenvalue weighted by Gasteiger charge is -2.44. The fourth-order valence-electron chi connectivity index (χ4n) is 5.99. The molecule has 2 fully saturated rings. The van der Waals surface area contributed by atoms with E-state index in [2.05, 4.69) is 42.5 Å². The molecular weight excluding hydrogens is 363 g/mol. The Hall–Kier alpha value is -1.53. The van der Waals surface area contributed by atoms with Gasteiger partial charge in [-0.15, -0.1) is 0 Å². The van der Waals surface area contributed by atoms with Crippen molar-refractivity contribution in [3.05, 3.63) is 42.5 Å². The van der Waals surface area contributed by atoms with Crippen molar-refractivity contribution in [3.63, 3.8) is 0 Å². The van der Waals surface area contributed by atoms with Crippen LogP contribution in [0.15, 0.2) is 42.5 Å². The summed E-state index contributed by atoms with van der Waals surface area (Å²) >= 11 is 0. The van der Waals surface area contributed by atoms with Gasteiger partial charge in [0.2, 0.25) is 7.49 Å². The first-order chi connectivity index (χ1) is 13.8. The molecule has 2 aromatic carbocycles.